The highest BCUT2D eigenvalue weighted by Gasteiger charge is 2.09. The van der Waals surface area contributed by atoms with Crippen LogP contribution in [0, 0.1) is 11.7 Å². The molecule has 2 heteroatoms. The third-order valence-corrected chi connectivity index (χ3v) is 3.09. The summed E-state index contributed by atoms with van der Waals surface area (Å²) in [6.07, 6.45) is 2.22. The van der Waals surface area contributed by atoms with Crippen molar-refractivity contribution in [3.8, 4) is 0 Å². The van der Waals surface area contributed by atoms with Crippen molar-refractivity contribution in [3.63, 3.8) is 0 Å². The van der Waals surface area contributed by atoms with Crippen LogP contribution in [0.5, 0.6) is 0 Å². The van der Waals surface area contributed by atoms with Crippen molar-refractivity contribution in [1.29, 1.82) is 0 Å². The van der Waals surface area contributed by atoms with Gasteiger partial charge in [0.25, 0.3) is 0 Å². The first-order valence-electron chi connectivity index (χ1n) is 6.16. The van der Waals surface area contributed by atoms with E-state index in [1.165, 1.54) is 24.1 Å². The highest BCUT2D eigenvalue weighted by molar-refractivity contribution is 5.19. The van der Waals surface area contributed by atoms with Crippen molar-refractivity contribution in [1.82, 2.24) is 5.32 Å². The summed E-state index contributed by atoms with van der Waals surface area (Å²) in [6, 6.07) is 7.14. The molecule has 0 bridgehead atoms. The fourth-order valence-electron chi connectivity index (χ4n) is 1.68. The van der Waals surface area contributed by atoms with Crippen molar-refractivity contribution in [2.75, 3.05) is 6.54 Å². The second-order valence-electron chi connectivity index (χ2n) is 4.43. The van der Waals surface area contributed by atoms with Gasteiger partial charge in [-0.1, -0.05) is 39.3 Å². The lowest BCUT2D eigenvalue weighted by molar-refractivity contribution is 0.437. The van der Waals surface area contributed by atoms with Gasteiger partial charge < -0.3 is 5.32 Å². The number of rotatable bonds is 6. The molecular weight excluding hydrogens is 201 g/mol. The lowest BCUT2D eigenvalue weighted by atomic mass is 10.0. The molecule has 2 unspecified atom stereocenters. The summed E-state index contributed by atoms with van der Waals surface area (Å²) in [7, 11) is 0. The molecule has 1 aromatic carbocycles. The van der Waals surface area contributed by atoms with Crippen molar-refractivity contribution in [2.45, 2.75) is 39.7 Å². The molecule has 0 amide bonds. The van der Waals surface area contributed by atoms with Crippen LogP contribution in [0.2, 0.25) is 0 Å². The molecule has 1 N–H and O–H groups in total. The summed E-state index contributed by atoms with van der Waals surface area (Å²) in [5.74, 6) is 0.523. The number of halogens is 1. The predicted octanol–water partition coefficient (Wildman–Crippen LogP) is 3.91. The normalized spacial score (nSPS) is 14.8. The summed E-state index contributed by atoms with van der Waals surface area (Å²) in [5.41, 5.74) is 1.17. The fourth-order valence-corrected chi connectivity index (χ4v) is 1.68. The van der Waals surface area contributed by atoms with E-state index in [4.69, 9.17) is 0 Å². The van der Waals surface area contributed by atoms with E-state index in [0.717, 1.165) is 13.0 Å². The Kier molecular flexibility index (Phi) is 5.47. The van der Waals surface area contributed by atoms with Gasteiger partial charge in [-0.15, -0.1) is 0 Å². The molecule has 0 aliphatic heterocycles. The molecule has 0 saturated carbocycles. The summed E-state index contributed by atoms with van der Waals surface area (Å²) >= 11 is 0. The van der Waals surface area contributed by atoms with Gasteiger partial charge in [-0.25, -0.2) is 4.39 Å². The summed E-state index contributed by atoms with van der Waals surface area (Å²) in [5, 5.41) is 3.53. The Morgan fingerprint density at radius 2 is 1.75 bits per heavy atom. The van der Waals surface area contributed by atoms with Crippen LogP contribution in [0.15, 0.2) is 24.3 Å². The minimum absolute atomic E-state index is 0.166. The standard InChI is InChI=1S/C14H22FN/c1-4-11(3)10-16-14(5-2)12-6-8-13(15)9-7-12/h6-9,11,14,16H,4-5,10H2,1-3H3. The Labute approximate surface area is 98.1 Å². The molecule has 16 heavy (non-hydrogen) atoms. The Balaban J connectivity index is 2.57. The minimum atomic E-state index is -0.166. The molecule has 0 fully saturated rings. The SMILES string of the molecule is CCC(C)CNC(CC)c1ccc(F)cc1. The fraction of sp³-hybridized carbons (Fsp3) is 0.571. The van der Waals surface area contributed by atoms with Crippen LogP contribution in [0.4, 0.5) is 4.39 Å². The highest BCUT2D eigenvalue weighted by atomic mass is 19.1. The molecule has 90 valence electrons. The van der Waals surface area contributed by atoms with Crippen LogP contribution in [0.25, 0.3) is 0 Å². The maximum atomic E-state index is 12.8. The van der Waals surface area contributed by atoms with E-state index >= 15 is 0 Å². The molecule has 2 atom stereocenters. The van der Waals surface area contributed by atoms with E-state index in [-0.39, 0.29) is 5.82 Å². The average molecular weight is 223 g/mol. The molecule has 1 nitrogen and oxygen atoms in total. The lowest BCUT2D eigenvalue weighted by Crippen LogP contribution is -2.25. The van der Waals surface area contributed by atoms with Crippen molar-refractivity contribution < 1.29 is 4.39 Å². The van der Waals surface area contributed by atoms with E-state index in [2.05, 4.69) is 26.1 Å². The molecule has 0 saturated heterocycles. The molecule has 0 aliphatic rings. The molecule has 0 spiro atoms. The van der Waals surface area contributed by atoms with Crippen LogP contribution in [-0.2, 0) is 0 Å². The quantitative estimate of drug-likeness (QED) is 0.771. The summed E-state index contributed by atoms with van der Waals surface area (Å²) in [4.78, 5) is 0. The Hall–Kier alpha value is -0.890. The molecule has 0 aliphatic carbocycles. The Bertz CT molecular complexity index is 294. The number of benzene rings is 1. The highest BCUT2D eigenvalue weighted by Crippen LogP contribution is 2.17. The molecule has 0 radical (unpaired) electrons. The van der Waals surface area contributed by atoms with Crippen LogP contribution >= 0.6 is 0 Å². The van der Waals surface area contributed by atoms with Crippen molar-refractivity contribution in [3.05, 3.63) is 35.6 Å². The van der Waals surface area contributed by atoms with Crippen molar-refractivity contribution in [2.24, 2.45) is 5.92 Å². The minimum Gasteiger partial charge on any atom is -0.310 e. The second kappa shape index (κ2) is 6.64. The number of hydrogen-bond donors (Lipinski definition) is 1. The zero-order valence-corrected chi connectivity index (χ0v) is 10.5. The van der Waals surface area contributed by atoms with Crippen LogP contribution in [0.3, 0.4) is 0 Å². The molecule has 1 aromatic rings. The Morgan fingerprint density at radius 3 is 2.25 bits per heavy atom. The lowest BCUT2D eigenvalue weighted by Gasteiger charge is -2.19. The van der Waals surface area contributed by atoms with Gasteiger partial charge in [-0.05, 0) is 36.6 Å². The molecular formula is C14H22FN. The van der Waals surface area contributed by atoms with Gasteiger partial charge in [0, 0.05) is 6.04 Å². The van der Waals surface area contributed by atoms with Gasteiger partial charge in [0.2, 0.25) is 0 Å². The van der Waals surface area contributed by atoms with Crippen LogP contribution in [0.1, 0.15) is 45.2 Å². The van der Waals surface area contributed by atoms with Gasteiger partial charge in [0.15, 0.2) is 0 Å². The first-order chi connectivity index (χ1) is 7.67. The maximum absolute atomic E-state index is 12.8. The average Bonchev–Trinajstić information content (AvgIpc) is 2.31. The number of hydrogen-bond acceptors (Lipinski definition) is 1. The van der Waals surface area contributed by atoms with Gasteiger partial charge in [-0.2, -0.15) is 0 Å². The summed E-state index contributed by atoms with van der Waals surface area (Å²) < 4.78 is 12.8. The Morgan fingerprint density at radius 1 is 1.12 bits per heavy atom. The number of nitrogens with one attached hydrogen (secondary N) is 1. The second-order valence-corrected chi connectivity index (χ2v) is 4.43. The monoisotopic (exact) mass is 223 g/mol. The molecule has 0 aromatic heterocycles. The zero-order valence-electron chi connectivity index (χ0n) is 10.5. The van der Waals surface area contributed by atoms with E-state index in [0.29, 0.717) is 12.0 Å². The van der Waals surface area contributed by atoms with E-state index in [1.54, 1.807) is 0 Å². The first kappa shape index (κ1) is 13.2. The van der Waals surface area contributed by atoms with E-state index in [9.17, 15) is 4.39 Å². The smallest absolute Gasteiger partial charge is 0.123 e. The third-order valence-electron chi connectivity index (χ3n) is 3.09. The first-order valence-corrected chi connectivity index (χ1v) is 6.16. The molecule has 0 heterocycles. The van der Waals surface area contributed by atoms with Crippen LogP contribution in [-0.4, -0.2) is 6.54 Å². The van der Waals surface area contributed by atoms with E-state index in [1.807, 2.05) is 12.1 Å². The van der Waals surface area contributed by atoms with Gasteiger partial charge >= 0.3 is 0 Å². The maximum Gasteiger partial charge on any atom is 0.123 e. The third kappa shape index (κ3) is 3.93. The van der Waals surface area contributed by atoms with Gasteiger partial charge in [0.1, 0.15) is 5.82 Å². The predicted molar refractivity (Wildman–Crippen MR) is 66.9 cm³/mol. The zero-order chi connectivity index (χ0) is 12.0. The van der Waals surface area contributed by atoms with Gasteiger partial charge in [-0.3, -0.25) is 0 Å². The largest absolute Gasteiger partial charge is 0.310 e. The van der Waals surface area contributed by atoms with E-state index < -0.39 is 0 Å². The van der Waals surface area contributed by atoms with Gasteiger partial charge in [0.05, 0.1) is 0 Å². The molecule has 1 rings (SSSR count). The van der Waals surface area contributed by atoms with Crippen LogP contribution < -0.4 is 5.32 Å². The van der Waals surface area contributed by atoms with Crippen molar-refractivity contribution >= 4 is 0 Å². The summed E-state index contributed by atoms with van der Waals surface area (Å²) in [6.45, 7) is 7.61. The topological polar surface area (TPSA) is 12.0 Å².